The van der Waals surface area contributed by atoms with Gasteiger partial charge in [-0.25, -0.2) is 0 Å². The molecule has 0 aromatic heterocycles. The molecule has 0 bridgehead atoms. The van der Waals surface area contributed by atoms with Crippen molar-refractivity contribution in [1.29, 1.82) is 0 Å². The largest absolute Gasteiger partial charge is 0.490 e. The maximum atomic E-state index is 12.7. The van der Waals surface area contributed by atoms with Crippen molar-refractivity contribution in [3.63, 3.8) is 0 Å². The lowest BCUT2D eigenvalue weighted by Crippen LogP contribution is -2.33. The van der Waals surface area contributed by atoms with Crippen LogP contribution in [-0.2, 0) is 16.1 Å². The maximum Gasteiger partial charge on any atom is 0.225 e. The first-order valence-corrected chi connectivity index (χ1v) is 8.88. The summed E-state index contributed by atoms with van der Waals surface area (Å²) >= 11 is 0. The van der Waals surface area contributed by atoms with Gasteiger partial charge >= 0.3 is 0 Å². The molecule has 0 aliphatic carbocycles. The van der Waals surface area contributed by atoms with Gasteiger partial charge in [0.25, 0.3) is 0 Å². The lowest BCUT2D eigenvalue weighted by Gasteiger charge is -2.23. The standard InChI is InChI=1S/C22H26N2O3/c1-4-14-27-20-12-10-18(11-13-20)16-24(3)22(26)15-21(23-17(2)25)19-8-6-5-7-9-19/h4-13,21H,1,14-16H2,2-3H3,(H,23,25)/t21-/m0/s1. The summed E-state index contributed by atoms with van der Waals surface area (Å²) in [4.78, 5) is 25.8. The Morgan fingerprint density at radius 2 is 1.81 bits per heavy atom. The molecule has 0 spiro atoms. The zero-order chi connectivity index (χ0) is 19.6. The van der Waals surface area contributed by atoms with Gasteiger partial charge in [-0.15, -0.1) is 0 Å². The van der Waals surface area contributed by atoms with Gasteiger partial charge in [0, 0.05) is 20.5 Å². The molecule has 5 heteroatoms. The molecular weight excluding hydrogens is 340 g/mol. The van der Waals surface area contributed by atoms with Crippen LogP contribution in [0.4, 0.5) is 0 Å². The Kier molecular flexibility index (Phi) is 7.62. The summed E-state index contributed by atoms with van der Waals surface area (Å²) in [5.74, 6) is 0.571. The number of rotatable bonds is 9. The van der Waals surface area contributed by atoms with Crippen LogP contribution in [0.25, 0.3) is 0 Å². The highest BCUT2D eigenvalue weighted by Gasteiger charge is 2.19. The van der Waals surface area contributed by atoms with E-state index in [1.165, 1.54) is 6.92 Å². The van der Waals surface area contributed by atoms with E-state index in [2.05, 4.69) is 11.9 Å². The number of nitrogens with zero attached hydrogens (tertiary/aromatic N) is 1. The quantitative estimate of drug-likeness (QED) is 0.691. The minimum atomic E-state index is -0.340. The van der Waals surface area contributed by atoms with Crippen LogP contribution >= 0.6 is 0 Å². The second-order valence-electron chi connectivity index (χ2n) is 6.36. The van der Waals surface area contributed by atoms with E-state index in [1.807, 2.05) is 54.6 Å². The molecular formula is C22H26N2O3. The van der Waals surface area contributed by atoms with E-state index < -0.39 is 0 Å². The Balaban J connectivity index is 1.98. The summed E-state index contributed by atoms with van der Waals surface area (Å²) in [6.45, 7) is 6.03. The fraction of sp³-hybridized carbons (Fsp3) is 0.273. The van der Waals surface area contributed by atoms with E-state index in [-0.39, 0.29) is 24.3 Å². The molecule has 0 aliphatic heterocycles. The molecule has 27 heavy (non-hydrogen) atoms. The average Bonchev–Trinajstić information content (AvgIpc) is 2.67. The molecule has 0 unspecified atom stereocenters. The van der Waals surface area contributed by atoms with Crippen molar-refractivity contribution >= 4 is 11.8 Å². The second kappa shape index (κ2) is 10.2. The molecule has 0 saturated carbocycles. The van der Waals surface area contributed by atoms with Crippen molar-refractivity contribution < 1.29 is 14.3 Å². The monoisotopic (exact) mass is 366 g/mol. The fourth-order valence-corrected chi connectivity index (χ4v) is 2.72. The minimum absolute atomic E-state index is 0.0374. The van der Waals surface area contributed by atoms with Crippen LogP contribution in [0.1, 0.15) is 30.5 Å². The Bertz CT molecular complexity index is 757. The van der Waals surface area contributed by atoms with Gasteiger partial charge in [0.2, 0.25) is 11.8 Å². The van der Waals surface area contributed by atoms with E-state index in [0.717, 1.165) is 16.9 Å². The SMILES string of the molecule is C=CCOc1ccc(CN(C)C(=O)C[C@H](NC(C)=O)c2ccccc2)cc1. The predicted molar refractivity (Wildman–Crippen MR) is 106 cm³/mol. The van der Waals surface area contributed by atoms with Crippen LogP contribution in [0.15, 0.2) is 67.3 Å². The van der Waals surface area contributed by atoms with Crippen molar-refractivity contribution in [2.45, 2.75) is 25.9 Å². The number of carbonyl (C=O) groups is 2. The molecule has 0 saturated heterocycles. The highest BCUT2D eigenvalue weighted by Crippen LogP contribution is 2.19. The zero-order valence-corrected chi connectivity index (χ0v) is 15.9. The molecule has 0 heterocycles. The number of hydrogen-bond donors (Lipinski definition) is 1. The van der Waals surface area contributed by atoms with E-state index in [9.17, 15) is 9.59 Å². The van der Waals surface area contributed by atoms with Crippen LogP contribution < -0.4 is 10.1 Å². The molecule has 0 fully saturated rings. The van der Waals surface area contributed by atoms with Crippen molar-refractivity contribution in [2.75, 3.05) is 13.7 Å². The summed E-state index contributed by atoms with van der Waals surface area (Å²) in [7, 11) is 1.76. The third-order valence-corrected chi connectivity index (χ3v) is 4.09. The molecule has 1 N–H and O–H groups in total. The number of hydrogen-bond acceptors (Lipinski definition) is 3. The number of nitrogens with one attached hydrogen (secondary N) is 1. The van der Waals surface area contributed by atoms with Crippen LogP contribution in [0.2, 0.25) is 0 Å². The minimum Gasteiger partial charge on any atom is -0.490 e. The number of ether oxygens (including phenoxy) is 1. The second-order valence-corrected chi connectivity index (χ2v) is 6.36. The first-order valence-electron chi connectivity index (χ1n) is 8.88. The van der Waals surface area contributed by atoms with Gasteiger partial charge in [-0.3, -0.25) is 9.59 Å². The average molecular weight is 366 g/mol. The van der Waals surface area contributed by atoms with Crippen molar-refractivity contribution in [1.82, 2.24) is 10.2 Å². The topological polar surface area (TPSA) is 58.6 Å². The Hall–Kier alpha value is -3.08. The van der Waals surface area contributed by atoms with Crippen LogP contribution in [0.3, 0.4) is 0 Å². The number of benzene rings is 2. The summed E-state index contributed by atoms with van der Waals surface area (Å²) in [5, 5.41) is 2.86. The van der Waals surface area contributed by atoms with Crippen molar-refractivity contribution in [3.8, 4) is 5.75 Å². The van der Waals surface area contributed by atoms with Crippen LogP contribution in [-0.4, -0.2) is 30.4 Å². The van der Waals surface area contributed by atoms with Gasteiger partial charge in [-0.2, -0.15) is 0 Å². The Labute approximate surface area is 160 Å². The fourth-order valence-electron chi connectivity index (χ4n) is 2.72. The van der Waals surface area contributed by atoms with Gasteiger partial charge < -0.3 is 15.0 Å². The van der Waals surface area contributed by atoms with E-state index in [0.29, 0.717) is 13.2 Å². The lowest BCUT2D eigenvalue weighted by atomic mass is 10.0. The van der Waals surface area contributed by atoms with E-state index in [1.54, 1.807) is 18.0 Å². The van der Waals surface area contributed by atoms with Crippen LogP contribution in [0.5, 0.6) is 5.75 Å². The third kappa shape index (κ3) is 6.62. The van der Waals surface area contributed by atoms with Gasteiger partial charge in [0.1, 0.15) is 12.4 Å². The highest BCUT2D eigenvalue weighted by atomic mass is 16.5. The van der Waals surface area contributed by atoms with Gasteiger partial charge in [0.05, 0.1) is 12.5 Å². The normalized spacial score (nSPS) is 11.3. The molecule has 0 radical (unpaired) electrons. The number of amides is 2. The summed E-state index contributed by atoms with van der Waals surface area (Å²) in [5.41, 5.74) is 1.92. The van der Waals surface area contributed by atoms with E-state index in [4.69, 9.17) is 4.74 Å². The molecule has 142 valence electrons. The Morgan fingerprint density at radius 3 is 2.41 bits per heavy atom. The zero-order valence-electron chi connectivity index (χ0n) is 15.9. The lowest BCUT2D eigenvalue weighted by molar-refractivity contribution is -0.131. The molecule has 1 atom stereocenters. The molecule has 5 nitrogen and oxygen atoms in total. The molecule has 2 amide bonds. The maximum absolute atomic E-state index is 12.7. The van der Waals surface area contributed by atoms with Gasteiger partial charge in [-0.05, 0) is 23.3 Å². The summed E-state index contributed by atoms with van der Waals surface area (Å²) in [6, 6.07) is 16.8. The van der Waals surface area contributed by atoms with Gasteiger partial charge in [0.15, 0.2) is 0 Å². The summed E-state index contributed by atoms with van der Waals surface area (Å²) < 4.78 is 5.46. The smallest absolute Gasteiger partial charge is 0.225 e. The first kappa shape index (κ1) is 20.2. The summed E-state index contributed by atoms with van der Waals surface area (Å²) in [6.07, 6.45) is 1.90. The van der Waals surface area contributed by atoms with Crippen molar-refractivity contribution in [3.05, 3.63) is 78.4 Å². The number of carbonyl (C=O) groups excluding carboxylic acids is 2. The van der Waals surface area contributed by atoms with E-state index >= 15 is 0 Å². The molecule has 2 aromatic carbocycles. The van der Waals surface area contributed by atoms with Crippen LogP contribution in [0, 0.1) is 0 Å². The van der Waals surface area contributed by atoms with Gasteiger partial charge in [-0.1, -0.05) is 55.1 Å². The molecule has 0 aliphatic rings. The third-order valence-electron chi connectivity index (χ3n) is 4.09. The van der Waals surface area contributed by atoms with Crippen molar-refractivity contribution in [2.24, 2.45) is 0 Å². The molecule has 2 aromatic rings. The highest BCUT2D eigenvalue weighted by molar-refractivity contribution is 5.79. The Morgan fingerprint density at radius 1 is 1.15 bits per heavy atom. The first-order chi connectivity index (χ1) is 13.0. The predicted octanol–water partition coefficient (Wildman–Crippen LogP) is 3.48. The molecule has 2 rings (SSSR count).